The van der Waals surface area contributed by atoms with Crippen LogP contribution in [-0.4, -0.2) is 18.4 Å². The zero-order chi connectivity index (χ0) is 18.6. The molecule has 5 atom stereocenters. The SMILES string of the molecule is C=C1CC[C@@H]([C@@H](C)CCC=C(C)C)C2C(C=O)=CCC1C2OC(C)=O. The first-order valence-electron chi connectivity index (χ1n) is 9.48. The normalized spacial score (nSPS) is 29.9. The topological polar surface area (TPSA) is 43.4 Å². The van der Waals surface area contributed by atoms with Crippen molar-refractivity contribution in [1.82, 2.24) is 0 Å². The van der Waals surface area contributed by atoms with Crippen LogP contribution in [0.3, 0.4) is 0 Å². The monoisotopic (exact) mass is 344 g/mol. The third-order valence-corrected chi connectivity index (χ3v) is 5.87. The lowest BCUT2D eigenvalue weighted by Crippen LogP contribution is -2.41. The van der Waals surface area contributed by atoms with Gasteiger partial charge in [0.15, 0.2) is 0 Å². The van der Waals surface area contributed by atoms with E-state index < -0.39 is 0 Å². The molecule has 0 amide bonds. The Morgan fingerprint density at radius 2 is 2.12 bits per heavy atom. The molecule has 1 saturated carbocycles. The number of allylic oxidation sites excluding steroid dienone is 3. The second-order valence-electron chi connectivity index (χ2n) is 7.96. The summed E-state index contributed by atoms with van der Waals surface area (Å²) in [7, 11) is 0. The van der Waals surface area contributed by atoms with Crippen LogP contribution in [0.25, 0.3) is 0 Å². The molecule has 0 heterocycles. The lowest BCUT2D eigenvalue weighted by Gasteiger charge is -2.40. The summed E-state index contributed by atoms with van der Waals surface area (Å²) in [6.45, 7) is 12.2. The molecule has 2 rings (SSSR count). The van der Waals surface area contributed by atoms with E-state index in [1.807, 2.05) is 0 Å². The van der Waals surface area contributed by atoms with Crippen LogP contribution in [0.2, 0.25) is 0 Å². The van der Waals surface area contributed by atoms with Crippen molar-refractivity contribution in [3.63, 3.8) is 0 Å². The fourth-order valence-corrected chi connectivity index (χ4v) is 4.54. The molecule has 1 fully saturated rings. The van der Waals surface area contributed by atoms with Crippen molar-refractivity contribution in [2.75, 3.05) is 0 Å². The van der Waals surface area contributed by atoms with Crippen LogP contribution in [-0.2, 0) is 14.3 Å². The number of carbonyl (C=O) groups is 2. The molecule has 0 aliphatic heterocycles. The Morgan fingerprint density at radius 3 is 2.72 bits per heavy atom. The minimum atomic E-state index is -0.266. The van der Waals surface area contributed by atoms with Gasteiger partial charge in [0.1, 0.15) is 12.4 Å². The lowest BCUT2D eigenvalue weighted by molar-refractivity contribution is -0.153. The van der Waals surface area contributed by atoms with Crippen molar-refractivity contribution in [2.45, 2.75) is 65.9 Å². The highest BCUT2D eigenvalue weighted by molar-refractivity contribution is 5.75. The molecule has 3 unspecified atom stereocenters. The smallest absolute Gasteiger partial charge is 0.302 e. The quantitative estimate of drug-likeness (QED) is 0.386. The van der Waals surface area contributed by atoms with Gasteiger partial charge in [-0.2, -0.15) is 0 Å². The van der Waals surface area contributed by atoms with E-state index in [1.165, 1.54) is 12.5 Å². The fraction of sp³-hybridized carbons (Fsp3) is 0.636. The highest BCUT2D eigenvalue weighted by Crippen LogP contribution is 2.47. The predicted octanol–water partition coefficient (Wildman–Crippen LogP) is 5.03. The predicted molar refractivity (Wildman–Crippen MR) is 101 cm³/mol. The summed E-state index contributed by atoms with van der Waals surface area (Å²) in [5.74, 6) is 0.687. The van der Waals surface area contributed by atoms with E-state index in [9.17, 15) is 9.59 Å². The molecule has 2 bridgehead atoms. The van der Waals surface area contributed by atoms with Crippen molar-refractivity contribution in [3.8, 4) is 0 Å². The van der Waals surface area contributed by atoms with Crippen molar-refractivity contribution >= 4 is 12.3 Å². The maximum atomic E-state index is 11.7. The molecule has 2 aliphatic rings. The molecule has 0 spiro atoms. The van der Waals surface area contributed by atoms with Gasteiger partial charge in [0.05, 0.1) is 0 Å². The second kappa shape index (κ2) is 8.64. The van der Waals surface area contributed by atoms with Gasteiger partial charge >= 0.3 is 5.97 Å². The second-order valence-corrected chi connectivity index (χ2v) is 7.96. The number of aldehydes is 1. The van der Waals surface area contributed by atoms with E-state index in [4.69, 9.17) is 4.74 Å². The molecule has 0 radical (unpaired) electrons. The van der Waals surface area contributed by atoms with Gasteiger partial charge in [-0.3, -0.25) is 9.59 Å². The number of ether oxygens (including phenoxy) is 1. The molecule has 0 aromatic carbocycles. The van der Waals surface area contributed by atoms with E-state index in [1.54, 1.807) is 0 Å². The van der Waals surface area contributed by atoms with Gasteiger partial charge in [-0.15, -0.1) is 0 Å². The Labute approximate surface area is 152 Å². The summed E-state index contributed by atoms with van der Waals surface area (Å²) in [4.78, 5) is 23.4. The van der Waals surface area contributed by atoms with Crippen molar-refractivity contribution in [3.05, 3.63) is 35.5 Å². The van der Waals surface area contributed by atoms with Crippen LogP contribution >= 0.6 is 0 Å². The Bertz CT molecular complexity index is 580. The highest BCUT2D eigenvalue weighted by atomic mass is 16.5. The summed E-state index contributed by atoms with van der Waals surface area (Å²) < 4.78 is 5.75. The maximum absolute atomic E-state index is 11.7. The number of esters is 1. The van der Waals surface area contributed by atoms with Crippen molar-refractivity contribution < 1.29 is 14.3 Å². The van der Waals surface area contributed by atoms with E-state index in [0.29, 0.717) is 11.8 Å². The molecule has 0 aromatic heterocycles. The lowest BCUT2D eigenvalue weighted by atomic mass is 9.68. The fourth-order valence-electron chi connectivity index (χ4n) is 4.54. The molecule has 0 saturated heterocycles. The number of hydrogen-bond donors (Lipinski definition) is 0. The third kappa shape index (κ3) is 4.71. The summed E-state index contributed by atoms with van der Waals surface area (Å²) in [6, 6.07) is 0. The zero-order valence-electron chi connectivity index (χ0n) is 16.1. The standard InChI is InChI=1S/C22H32O3/c1-14(2)7-6-8-15(3)19-11-9-16(4)20-12-10-18(13-23)21(19)22(20)25-17(5)24/h7,10,13,15,19-22H,4,6,8-9,11-12H2,1-3,5H3/t15-,19-,20?,21?,22?/m0/s1. The van der Waals surface area contributed by atoms with Crippen LogP contribution in [0.1, 0.15) is 59.8 Å². The molecule has 138 valence electrons. The van der Waals surface area contributed by atoms with E-state index >= 15 is 0 Å². The Hall–Kier alpha value is -1.64. The highest BCUT2D eigenvalue weighted by Gasteiger charge is 2.45. The van der Waals surface area contributed by atoms with Gasteiger partial charge < -0.3 is 4.74 Å². The van der Waals surface area contributed by atoms with E-state index in [-0.39, 0.29) is 23.9 Å². The first-order valence-corrected chi connectivity index (χ1v) is 9.48. The Kier molecular flexibility index (Phi) is 6.80. The molecule has 3 heteroatoms. The van der Waals surface area contributed by atoms with Gasteiger partial charge in [-0.05, 0) is 63.4 Å². The average molecular weight is 344 g/mol. The molecule has 25 heavy (non-hydrogen) atoms. The molecule has 3 nitrogen and oxygen atoms in total. The van der Waals surface area contributed by atoms with Crippen LogP contribution in [0.4, 0.5) is 0 Å². The first-order chi connectivity index (χ1) is 11.8. The average Bonchev–Trinajstić information content (AvgIpc) is 2.62. The number of carbonyl (C=O) groups excluding carboxylic acids is 2. The van der Waals surface area contributed by atoms with E-state index in [2.05, 4.69) is 39.5 Å². The number of fused-ring (bicyclic) bond motifs is 2. The van der Waals surface area contributed by atoms with E-state index in [0.717, 1.165) is 49.5 Å². The summed E-state index contributed by atoms with van der Waals surface area (Å²) in [5, 5.41) is 0. The van der Waals surface area contributed by atoms with Crippen LogP contribution < -0.4 is 0 Å². The van der Waals surface area contributed by atoms with Gasteiger partial charge in [-0.25, -0.2) is 0 Å². The minimum Gasteiger partial charge on any atom is -0.461 e. The molecule has 0 N–H and O–H groups in total. The Morgan fingerprint density at radius 1 is 1.40 bits per heavy atom. The Balaban J connectivity index is 2.31. The summed E-state index contributed by atoms with van der Waals surface area (Å²) in [5.41, 5.74) is 3.32. The molecule has 2 aliphatic carbocycles. The first kappa shape index (κ1) is 19.7. The third-order valence-electron chi connectivity index (χ3n) is 5.87. The van der Waals surface area contributed by atoms with Gasteiger partial charge in [0, 0.05) is 18.8 Å². The maximum Gasteiger partial charge on any atom is 0.302 e. The molecular formula is C22H32O3. The largest absolute Gasteiger partial charge is 0.461 e. The van der Waals surface area contributed by atoms with Crippen molar-refractivity contribution in [2.24, 2.45) is 23.7 Å². The van der Waals surface area contributed by atoms with Crippen LogP contribution in [0.5, 0.6) is 0 Å². The van der Waals surface area contributed by atoms with Gasteiger partial charge in [-0.1, -0.05) is 36.8 Å². The van der Waals surface area contributed by atoms with Crippen molar-refractivity contribution in [1.29, 1.82) is 0 Å². The number of hydrogen-bond acceptors (Lipinski definition) is 3. The summed E-state index contributed by atoms with van der Waals surface area (Å²) in [6.07, 6.45) is 9.91. The zero-order valence-corrected chi connectivity index (χ0v) is 16.1. The molecule has 0 aromatic rings. The number of rotatable bonds is 6. The van der Waals surface area contributed by atoms with Gasteiger partial charge in [0.2, 0.25) is 0 Å². The molecular weight excluding hydrogens is 312 g/mol. The minimum absolute atomic E-state index is 0.00102. The van der Waals surface area contributed by atoms with Gasteiger partial charge in [0.25, 0.3) is 0 Å². The van der Waals surface area contributed by atoms with Crippen LogP contribution in [0, 0.1) is 23.7 Å². The summed E-state index contributed by atoms with van der Waals surface area (Å²) >= 11 is 0. The van der Waals surface area contributed by atoms with Crippen LogP contribution in [0.15, 0.2) is 35.5 Å².